The van der Waals surface area contributed by atoms with Crippen LogP contribution in [-0.4, -0.2) is 28.4 Å². The van der Waals surface area contributed by atoms with Crippen molar-refractivity contribution in [3.63, 3.8) is 0 Å². The zero-order valence-electron chi connectivity index (χ0n) is 10.7. The van der Waals surface area contributed by atoms with Crippen LogP contribution < -0.4 is 0 Å². The molecule has 1 aromatic heterocycles. The van der Waals surface area contributed by atoms with E-state index in [1.54, 1.807) is 0 Å². The van der Waals surface area contributed by atoms with E-state index in [2.05, 4.69) is 23.7 Å². The van der Waals surface area contributed by atoms with Crippen LogP contribution in [0.15, 0.2) is 0 Å². The SMILES string of the molecule is Cc1nc(CN(CCCCl)C2CCC2)sc1C. The van der Waals surface area contributed by atoms with Gasteiger partial charge < -0.3 is 0 Å². The Balaban J connectivity index is 1.95. The van der Waals surface area contributed by atoms with E-state index in [1.165, 1.54) is 34.8 Å². The van der Waals surface area contributed by atoms with Gasteiger partial charge in [-0.3, -0.25) is 4.90 Å². The summed E-state index contributed by atoms with van der Waals surface area (Å²) in [6.45, 7) is 6.39. The number of nitrogens with zero attached hydrogens (tertiary/aromatic N) is 2. The van der Waals surface area contributed by atoms with Gasteiger partial charge in [0.2, 0.25) is 0 Å². The average molecular weight is 273 g/mol. The Morgan fingerprint density at radius 3 is 2.65 bits per heavy atom. The van der Waals surface area contributed by atoms with Crippen molar-refractivity contribution in [2.45, 2.75) is 52.1 Å². The smallest absolute Gasteiger partial charge is 0.107 e. The van der Waals surface area contributed by atoms with Crippen molar-refractivity contribution in [2.24, 2.45) is 0 Å². The van der Waals surface area contributed by atoms with Crippen LogP contribution in [0.2, 0.25) is 0 Å². The van der Waals surface area contributed by atoms with E-state index in [0.717, 1.165) is 31.4 Å². The van der Waals surface area contributed by atoms with Gasteiger partial charge in [0.1, 0.15) is 5.01 Å². The van der Waals surface area contributed by atoms with Crippen LogP contribution >= 0.6 is 22.9 Å². The zero-order chi connectivity index (χ0) is 12.3. The lowest BCUT2D eigenvalue weighted by Gasteiger charge is -2.37. The molecule has 0 amide bonds. The molecule has 2 nitrogen and oxygen atoms in total. The Bertz CT molecular complexity index is 341. The molecule has 1 aromatic rings. The standard InChI is InChI=1S/C13H21ClN2S/c1-10-11(2)17-13(15-10)9-16(8-4-7-14)12-5-3-6-12/h12H,3-9H2,1-2H3. The minimum Gasteiger partial charge on any atom is -0.294 e. The van der Waals surface area contributed by atoms with E-state index in [-0.39, 0.29) is 0 Å². The summed E-state index contributed by atoms with van der Waals surface area (Å²) in [5.41, 5.74) is 1.19. The number of thiazole rings is 1. The van der Waals surface area contributed by atoms with Crippen LogP contribution in [0.25, 0.3) is 0 Å². The lowest BCUT2D eigenvalue weighted by Crippen LogP contribution is -2.40. The van der Waals surface area contributed by atoms with Crippen LogP contribution in [0.3, 0.4) is 0 Å². The molecule has 4 heteroatoms. The monoisotopic (exact) mass is 272 g/mol. The highest BCUT2D eigenvalue weighted by atomic mass is 35.5. The normalized spacial score (nSPS) is 16.5. The first-order chi connectivity index (χ1) is 8.20. The first-order valence-electron chi connectivity index (χ1n) is 6.43. The summed E-state index contributed by atoms with van der Waals surface area (Å²) in [5.74, 6) is 0.763. The van der Waals surface area contributed by atoms with E-state index in [4.69, 9.17) is 11.6 Å². The third kappa shape index (κ3) is 3.43. The van der Waals surface area contributed by atoms with Gasteiger partial charge in [-0.2, -0.15) is 0 Å². The van der Waals surface area contributed by atoms with Crippen molar-refractivity contribution in [3.8, 4) is 0 Å². The van der Waals surface area contributed by atoms with Crippen molar-refractivity contribution in [1.29, 1.82) is 0 Å². The Hall–Kier alpha value is -0.120. The maximum Gasteiger partial charge on any atom is 0.107 e. The lowest BCUT2D eigenvalue weighted by atomic mass is 9.91. The molecule has 0 N–H and O–H groups in total. The van der Waals surface area contributed by atoms with Gasteiger partial charge in [0, 0.05) is 23.3 Å². The highest BCUT2D eigenvalue weighted by Gasteiger charge is 2.25. The van der Waals surface area contributed by atoms with Crippen molar-refractivity contribution in [1.82, 2.24) is 9.88 Å². The van der Waals surface area contributed by atoms with Gasteiger partial charge in [0.25, 0.3) is 0 Å². The van der Waals surface area contributed by atoms with Gasteiger partial charge in [-0.25, -0.2) is 4.98 Å². The fourth-order valence-corrected chi connectivity index (χ4v) is 3.27. The highest BCUT2D eigenvalue weighted by molar-refractivity contribution is 7.11. The molecule has 1 heterocycles. The molecule has 0 unspecified atom stereocenters. The van der Waals surface area contributed by atoms with Crippen molar-refractivity contribution in [3.05, 3.63) is 15.6 Å². The minimum atomic E-state index is 0.763. The van der Waals surface area contributed by atoms with Crippen molar-refractivity contribution in [2.75, 3.05) is 12.4 Å². The molecule has 1 saturated carbocycles. The van der Waals surface area contributed by atoms with Crippen molar-refractivity contribution >= 4 is 22.9 Å². The summed E-state index contributed by atoms with van der Waals surface area (Å²) in [5, 5.41) is 1.27. The maximum absolute atomic E-state index is 5.80. The van der Waals surface area contributed by atoms with Gasteiger partial charge in [-0.1, -0.05) is 6.42 Å². The number of aryl methyl sites for hydroxylation is 2. The predicted octanol–water partition coefficient (Wildman–Crippen LogP) is 3.74. The summed E-state index contributed by atoms with van der Waals surface area (Å²) in [4.78, 5) is 8.57. The van der Waals surface area contributed by atoms with Gasteiger partial charge in [0.05, 0.1) is 12.2 Å². The quantitative estimate of drug-likeness (QED) is 0.734. The Labute approximate surface area is 113 Å². The minimum absolute atomic E-state index is 0.763. The largest absolute Gasteiger partial charge is 0.294 e. The summed E-state index contributed by atoms with van der Waals surface area (Å²) in [6.07, 6.45) is 5.18. The fraction of sp³-hybridized carbons (Fsp3) is 0.769. The molecular formula is C13H21ClN2S. The number of aromatic nitrogens is 1. The van der Waals surface area contributed by atoms with Gasteiger partial charge in [-0.15, -0.1) is 22.9 Å². The maximum atomic E-state index is 5.80. The molecule has 1 aliphatic carbocycles. The number of halogens is 1. The lowest BCUT2D eigenvalue weighted by molar-refractivity contribution is 0.120. The van der Waals surface area contributed by atoms with Gasteiger partial charge in [0.15, 0.2) is 0 Å². The molecule has 0 bridgehead atoms. The van der Waals surface area contributed by atoms with Crippen LogP contribution in [0.4, 0.5) is 0 Å². The molecule has 96 valence electrons. The van der Waals surface area contributed by atoms with Gasteiger partial charge in [-0.05, 0) is 33.1 Å². The Kier molecular flexibility index (Phi) is 4.83. The first kappa shape index (κ1) is 13.3. The van der Waals surface area contributed by atoms with Crippen LogP contribution in [-0.2, 0) is 6.54 Å². The van der Waals surface area contributed by atoms with Crippen LogP contribution in [0.5, 0.6) is 0 Å². The summed E-state index contributed by atoms with van der Waals surface area (Å²) in [7, 11) is 0. The predicted molar refractivity (Wildman–Crippen MR) is 75.0 cm³/mol. The van der Waals surface area contributed by atoms with Crippen LogP contribution in [0, 0.1) is 13.8 Å². The van der Waals surface area contributed by atoms with E-state index in [1.807, 2.05) is 11.3 Å². The molecule has 1 fully saturated rings. The number of hydrogen-bond donors (Lipinski definition) is 0. The molecular weight excluding hydrogens is 252 g/mol. The second-order valence-corrected chi connectivity index (χ2v) is 6.51. The van der Waals surface area contributed by atoms with Crippen LogP contribution in [0.1, 0.15) is 41.3 Å². The summed E-state index contributed by atoms with van der Waals surface area (Å²) in [6, 6.07) is 0.780. The second-order valence-electron chi connectivity index (χ2n) is 4.85. The molecule has 17 heavy (non-hydrogen) atoms. The second kappa shape index (κ2) is 6.17. The molecule has 2 rings (SSSR count). The van der Waals surface area contributed by atoms with Gasteiger partial charge >= 0.3 is 0 Å². The number of rotatable bonds is 6. The number of hydrogen-bond acceptors (Lipinski definition) is 3. The highest BCUT2D eigenvalue weighted by Crippen LogP contribution is 2.27. The molecule has 0 atom stereocenters. The Morgan fingerprint density at radius 2 is 2.18 bits per heavy atom. The number of alkyl halides is 1. The van der Waals surface area contributed by atoms with Crippen molar-refractivity contribution < 1.29 is 0 Å². The molecule has 0 saturated heterocycles. The molecule has 0 aliphatic heterocycles. The Morgan fingerprint density at radius 1 is 1.41 bits per heavy atom. The molecule has 0 aromatic carbocycles. The molecule has 0 radical (unpaired) electrons. The van der Waals surface area contributed by atoms with E-state index in [9.17, 15) is 0 Å². The zero-order valence-corrected chi connectivity index (χ0v) is 12.3. The first-order valence-corrected chi connectivity index (χ1v) is 7.78. The molecule has 0 spiro atoms. The fourth-order valence-electron chi connectivity index (χ4n) is 2.19. The topological polar surface area (TPSA) is 16.1 Å². The third-order valence-corrected chi connectivity index (χ3v) is 4.91. The summed E-state index contributed by atoms with van der Waals surface area (Å²) >= 11 is 7.65. The average Bonchev–Trinajstić information content (AvgIpc) is 2.52. The molecule has 1 aliphatic rings. The third-order valence-electron chi connectivity index (χ3n) is 3.58. The van der Waals surface area contributed by atoms with E-state index >= 15 is 0 Å². The van der Waals surface area contributed by atoms with E-state index < -0.39 is 0 Å². The summed E-state index contributed by atoms with van der Waals surface area (Å²) < 4.78 is 0. The van der Waals surface area contributed by atoms with E-state index in [0.29, 0.717) is 0 Å².